The molecule has 0 saturated heterocycles. The first kappa shape index (κ1) is 15.7. The zero-order chi connectivity index (χ0) is 14.3. The van der Waals surface area contributed by atoms with Crippen molar-refractivity contribution in [3.05, 3.63) is 18.2 Å². The number of sulfonamides is 1. The number of benzene rings is 1. The third-order valence-electron chi connectivity index (χ3n) is 2.48. The molecule has 0 unspecified atom stereocenters. The summed E-state index contributed by atoms with van der Waals surface area (Å²) in [6.45, 7) is 0.832. The van der Waals surface area contributed by atoms with Crippen LogP contribution in [0.15, 0.2) is 23.1 Å². The van der Waals surface area contributed by atoms with Crippen molar-refractivity contribution < 1.29 is 22.6 Å². The molecule has 108 valence electrons. The maximum atomic E-state index is 12.0. The molecule has 0 aliphatic rings. The second kappa shape index (κ2) is 7.32. The number of methoxy groups -OCH3 is 3. The molecular weight excluding hydrogens is 270 g/mol. The highest BCUT2D eigenvalue weighted by molar-refractivity contribution is 7.89. The van der Waals surface area contributed by atoms with Gasteiger partial charge in [-0.25, -0.2) is 13.1 Å². The van der Waals surface area contributed by atoms with Crippen LogP contribution in [-0.2, 0) is 14.8 Å². The number of ether oxygens (including phenoxy) is 3. The number of hydrogen-bond donors (Lipinski definition) is 1. The van der Waals surface area contributed by atoms with E-state index < -0.39 is 10.0 Å². The van der Waals surface area contributed by atoms with Crippen LogP contribution in [0, 0.1) is 0 Å². The SMILES string of the molecule is COCCCNS(=O)(=O)c1ccc(OC)c(OC)c1. The normalized spacial score (nSPS) is 11.3. The molecule has 1 rings (SSSR count). The molecule has 0 fully saturated rings. The fraction of sp³-hybridized carbons (Fsp3) is 0.500. The maximum Gasteiger partial charge on any atom is 0.240 e. The molecule has 0 radical (unpaired) electrons. The van der Waals surface area contributed by atoms with E-state index >= 15 is 0 Å². The highest BCUT2D eigenvalue weighted by atomic mass is 32.2. The summed E-state index contributed by atoms with van der Waals surface area (Å²) >= 11 is 0. The molecule has 0 aliphatic carbocycles. The molecule has 1 aromatic carbocycles. The fourth-order valence-electron chi connectivity index (χ4n) is 1.49. The Morgan fingerprint density at radius 3 is 2.37 bits per heavy atom. The molecule has 6 nitrogen and oxygen atoms in total. The van der Waals surface area contributed by atoms with Gasteiger partial charge in [0.2, 0.25) is 10.0 Å². The molecule has 19 heavy (non-hydrogen) atoms. The fourth-order valence-corrected chi connectivity index (χ4v) is 2.58. The minimum Gasteiger partial charge on any atom is -0.493 e. The van der Waals surface area contributed by atoms with Gasteiger partial charge in [-0.1, -0.05) is 0 Å². The summed E-state index contributed by atoms with van der Waals surface area (Å²) in [6, 6.07) is 4.46. The Hall–Kier alpha value is -1.31. The van der Waals surface area contributed by atoms with Crippen LogP contribution in [0.2, 0.25) is 0 Å². The zero-order valence-corrected chi connectivity index (χ0v) is 12.1. The van der Waals surface area contributed by atoms with Crippen LogP contribution >= 0.6 is 0 Å². The summed E-state index contributed by atoms with van der Waals surface area (Å²) in [5.41, 5.74) is 0. The van der Waals surface area contributed by atoms with Crippen LogP contribution in [0.1, 0.15) is 6.42 Å². The minimum absolute atomic E-state index is 0.141. The number of rotatable bonds is 8. The lowest BCUT2D eigenvalue weighted by atomic mass is 10.3. The first-order valence-corrected chi connectivity index (χ1v) is 7.24. The first-order valence-electron chi connectivity index (χ1n) is 5.75. The Morgan fingerprint density at radius 2 is 1.79 bits per heavy atom. The summed E-state index contributed by atoms with van der Waals surface area (Å²) in [5, 5.41) is 0. The van der Waals surface area contributed by atoms with E-state index in [0.29, 0.717) is 31.1 Å². The summed E-state index contributed by atoms with van der Waals surface area (Å²) in [5.74, 6) is 0.864. The molecule has 1 N–H and O–H groups in total. The Morgan fingerprint density at radius 1 is 1.11 bits per heavy atom. The second-order valence-corrected chi connectivity index (χ2v) is 5.53. The Bertz CT molecular complexity index is 501. The van der Waals surface area contributed by atoms with Gasteiger partial charge in [-0.2, -0.15) is 0 Å². The largest absolute Gasteiger partial charge is 0.493 e. The van der Waals surface area contributed by atoms with E-state index in [0.717, 1.165) is 0 Å². The average Bonchev–Trinajstić information content (AvgIpc) is 2.42. The van der Waals surface area contributed by atoms with Gasteiger partial charge in [0.1, 0.15) is 0 Å². The highest BCUT2D eigenvalue weighted by Gasteiger charge is 2.16. The standard InChI is InChI=1S/C12H19NO5S/c1-16-8-4-7-13-19(14,15)10-5-6-11(17-2)12(9-10)18-3/h5-6,9,13H,4,7-8H2,1-3H3. The van der Waals surface area contributed by atoms with Crippen LogP contribution in [0.4, 0.5) is 0 Å². The van der Waals surface area contributed by atoms with E-state index in [-0.39, 0.29) is 4.90 Å². The molecule has 7 heteroatoms. The van der Waals surface area contributed by atoms with E-state index in [1.54, 1.807) is 13.2 Å². The molecule has 0 aromatic heterocycles. The van der Waals surface area contributed by atoms with Gasteiger partial charge in [-0.3, -0.25) is 0 Å². The van der Waals surface area contributed by atoms with Crippen LogP contribution < -0.4 is 14.2 Å². The third-order valence-corrected chi connectivity index (χ3v) is 3.94. The second-order valence-electron chi connectivity index (χ2n) is 3.76. The lowest BCUT2D eigenvalue weighted by Gasteiger charge is -2.10. The van der Waals surface area contributed by atoms with E-state index in [4.69, 9.17) is 14.2 Å². The number of nitrogens with one attached hydrogen (secondary N) is 1. The van der Waals surface area contributed by atoms with Gasteiger partial charge in [-0.15, -0.1) is 0 Å². The molecule has 0 heterocycles. The lowest BCUT2D eigenvalue weighted by Crippen LogP contribution is -2.25. The molecule has 0 amide bonds. The quantitative estimate of drug-likeness (QED) is 0.723. The van der Waals surface area contributed by atoms with Crippen LogP contribution in [0.3, 0.4) is 0 Å². The van der Waals surface area contributed by atoms with Crippen LogP contribution in [-0.4, -0.2) is 42.9 Å². The summed E-state index contributed by atoms with van der Waals surface area (Å²) in [7, 11) is 0.986. The van der Waals surface area contributed by atoms with Gasteiger partial charge in [0.05, 0.1) is 19.1 Å². The third kappa shape index (κ3) is 4.38. The highest BCUT2D eigenvalue weighted by Crippen LogP contribution is 2.29. The van der Waals surface area contributed by atoms with Crippen molar-refractivity contribution >= 4 is 10.0 Å². The van der Waals surface area contributed by atoms with E-state index in [1.807, 2.05) is 0 Å². The Kier molecular flexibility index (Phi) is 6.07. The minimum atomic E-state index is -3.54. The van der Waals surface area contributed by atoms with Crippen molar-refractivity contribution in [2.75, 3.05) is 34.5 Å². The molecular formula is C12H19NO5S. The van der Waals surface area contributed by atoms with Crippen LogP contribution in [0.5, 0.6) is 11.5 Å². The maximum absolute atomic E-state index is 12.0. The van der Waals surface area contributed by atoms with Crippen molar-refractivity contribution in [2.45, 2.75) is 11.3 Å². The lowest BCUT2D eigenvalue weighted by molar-refractivity contribution is 0.196. The van der Waals surface area contributed by atoms with E-state index in [1.165, 1.54) is 26.4 Å². The van der Waals surface area contributed by atoms with Crippen molar-refractivity contribution in [3.63, 3.8) is 0 Å². The van der Waals surface area contributed by atoms with Gasteiger partial charge < -0.3 is 14.2 Å². The van der Waals surface area contributed by atoms with Gasteiger partial charge >= 0.3 is 0 Å². The zero-order valence-electron chi connectivity index (χ0n) is 11.3. The van der Waals surface area contributed by atoms with Crippen molar-refractivity contribution in [1.82, 2.24) is 4.72 Å². The summed E-state index contributed by atoms with van der Waals surface area (Å²) in [6.07, 6.45) is 0.614. The monoisotopic (exact) mass is 289 g/mol. The predicted octanol–water partition coefficient (Wildman–Crippen LogP) is 1.02. The summed E-state index contributed by atoms with van der Waals surface area (Å²) in [4.78, 5) is 0.141. The summed E-state index contributed by atoms with van der Waals surface area (Å²) < 4.78 is 41.5. The Balaban J connectivity index is 2.83. The van der Waals surface area contributed by atoms with E-state index in [2.05, 4.69) is 4.72 Å². The average molecular weight is 289 g/mol. The van der Waals surface area contributed by atoms with Crippen LogP contribution in [0.25, 0.3) is 0 Å². The molecule has 0 saturated carbocycles. The molecule has 0 spiro atoms. The van der Waals surface area contributed by atoms with Crippen molar-refractivity contribution in [2.24, 2.45) is 0 Å². The van der Waals surface area contributed by atoms with Gasteiger partial charge in [-0.05, 0) is 18.6 Å². The van der Waals surface area contributed by atoms with E-state index in [9.17, 15) is 8.42 Å². The van der Waals surface area contributed by atoms with Crippen molar-refractivity contribution in [3.8, 4) is 11.5 Å². The molecule has 0 aliphatic heterocycles. The molecule has 1 aromatic rings. The van der Waals surface area contributed by atoms with Gasteiger partial charge in [0.15, 0.2) is 11.5 Å². The van der Waals surface area contributed by atoms with Gasteiger partial charge in [0.25, 0.3) is 0 Å². The number of hydrogen-bond acceptors (Lipinski definition) is 5. The first-order chi connectivity index (χ1) is 9.05. The molecule has 0 atom stereocenters. The smallest absolute Gasteiger partial charge is 0.240 e. The molecule has 0 bridgehead atoms. The topological polar surface area (TPSA) is 73.9 Å². The Labute approximate surface area is 113 Å². The van der Waals surface area contributed by atoms with Gasteiger partial charge in [0, 0.05) is 26.3 Å². The predicted molar refractivity (Wildman–Crippen MR) is 71.2 cm³/mol. The van der Waals surface area contributed by atoms with Crippen molar-refractivity contribution in [1.29, 1.82) is 0 Å².